The molecule has 0 radical (unpaired) electrons. The summed E-state index contributed by atoms with van der Waals surface area (Å²) in [6, 6.07) is -1.19. The Bertz CT molecular complexity index is 268. The molecule has 1 aliphatic rings. The molecule has 74 valence electrons. The molecule has 0 aromatic rings. The molecule has 1 nitrogen and oxygen atoms in total. The first-order chi connectivity index (χ1) is 5.82. The Morgan fingerprint density at radius 3 is 2.31 bits per heavy atom. The normalized spacial score (nSPS) is 29.7. The number of allylic oxidation sites excluding steroid dienone is 2. The fourth-order valence-electron chi connectivity index (χ4n) is 0.897. The van der Waals surface area contributed by atoms with E-state index in [4.69, 9.17) is 17.3 Å². The Kier molecular flexibility index (Phi) is 2.68. The van der Waals surface area contributed by atoms with Crippen LogP contribution in [0.5, 0.6) is 0 Å². The van der Waals surface area contributed by atoms with E-state index in [0.717, 1.165) is 0 Å². The average molecular weight is 216 g/mol. The fraction of sp³-hybridized carbons (Fsp3) is 0.429. The van der Waals surface area contributed by atoms with Crippen LogP contribution in [0.3, 0.4) is 0 Å². The summed E-state index contributed by atoms with van der Waals surface area (Å²) in [6.07, 6.45) is -5.39. The molecule has 1 aliphatic carbocycles. The smallest absolute Gasteiger partial charge is 0.321 e. The standard InChI is InChI=1S/C7H6ClF4N/c8-4-1-3(7(10,11)12)2-5(9)6(4)13/h1-2,5-6H,13H2. The largest absolute Gasteiger partial charge is 0.416 e. The lowest BCUT2D eigenvalue weighted by Gasteiger charge is -2.20. The van der Waals surface area contributed by atoms with Crippen molar-refractivity contribution < 1.29 is 17.6 Å². The van der Waals surface area contributed by atoms with Crippen LogP contribution in [0.15, 0.2) is 22.8 Å². The SMILES string of the molecule is NC1C(Cl)=CC(C(F)(F)F)=CC1F. The van der Waals surface area contributed by atoms with Crippen molar-refractivity contribution in [1.82, 2.24) is 0 Å². The maximum absolute atomic E-state index is 12.8. The molecule has 6 heteroatoms. The number of rotatable bonds is 0. The van der Waals surface area contributed by atoms with Gasteiger partial charge in [-0.2, -0.15) is 13.2 Å². The molecule has 0 aromatic heterocycles. The van der Waals surface area contributed by atoms with Gasteiger partial charge in [0.25, 0.3) is 0 Å². The second-order valence-electron chi connectivity index (χ2n) is 2.62. The highest BCUT2D eigenvalue weighted by molar-refractivity contribution is 6.30. The van der Waals surface area contributed by atoms with Crippen LogP contribution in [0.4, 0.5) is 17.6 Å². The molecule has 0 saturated carbocycles. The quantitative estimate of drug-likeness (QED) is 0.617. The Labute approximate surface area is 76.8 Å². The maximum Gasteiger partial charge on any atom is 0.416 e. The number of alkyl halides is 4. The van der Waals surface area contributed by atoms with E-state index in [1.165, 1.54) is 0 Å². The van der Waals surface area contributed by atoms with Crippen molar-refractivity contribution in [2.45, 2.75) is 18.4 Å². The van der Waals surface area contributed by atoms with E-state index >= 15 is 0 Å². The van der Waals surface area contributed by atoms with Gasteiger partial charge in [0.1, 0.15) is 6.17 Å². The van der Waals surface area contributed by atoms with Gasteiger partial charge < -0.3 is 5.73 Å². The molecule has 2 atom stereocenters. The van der Waals surface area contributed by atoms with Gasteiger partial charge in [-0.25, -0.2) is 4.39 Å². The molecule has 0 fully saturated rings. The van der Waals surface area contributed by atoms with E-state index in [9.17, 15) is 17.6 Å². The lowest BCUT2D eigenvalue weighted by Crippen LogP contribution is -2.34. The second kappa shape index (κ2) is 3.31. The lowest BCUT2D eigenvalue weighted by atomic mass is 10.0. The van der Waals surface area contributed by atoms with Crippen LogP contribution in [-0.4, -0.2) is 18.4 Å². The Hall–Kier alpha value is -0.550. The maximum atomic E-state index is 12.8. The van der Waals surface area contributed by atoms with Gasteiger partial charge in [-0.3, -0.25) is 0 Å². The van der Waals surface area contributed by atoms with Gasteiger partial charge in [0.05, 0.1) is 11.6 Å². The third kappa shape index (κ3) is 2.22. The molecule has 0 bridgehead atoms. The first-order valence-corrected chi connectivity index (χ1v) is 3.76. The Morgan fingerprint density at radius 1 is 1.38 bits per heavy atom. The fourth-order valence-corrected chi connectivity index (χ4v) is 1.13. The summed E-state index contributed by atoms with van der Waals surface area (Å²) in [5.41, 5.74) is 4.05. The third-order valence-corrected chi connectivity index (χ3v) is 1.98. The summed E-state index contributed by atoms with van der Waals surface area (Å²) < 4.78 is 48.9. The van der Waals surface area contributed by atoms with Crippen molar-refractivity contribution >= 4 is 11.6 Å². The predicted molar refractivity (Wildman–Crippen MR) is 40.9 cm³/mol. The molecular formula is C7H6ClF4N. The lowest BCUT2D eigenvalue weighted by molar-refractivity contribution is -0.0891. The molecule has 13 heavy (non-hydrogen) atoms. The summed E-state index contributed by atoms with van der Waals surface area (Å²) in [7, 11) is 0. The van der Waals surface area contributed by atoms with Crippen molar-refractivity contribution in [1.29, 1.82) is 0 Å². The summed E-state index contributed by atoms with van der Waals surface area (Å²) in [5.74, 6) is 0. The molecule has 0 amide bonds. The van der Waals surface area contributed by atoms with Crippen LogP contribution in [0.1, 0.15) is 0 Å². The zero-order valence-corrected chi connectivity index (χ0v) is 7.03. The third-order valence-electron chi connectivity index (χ3n) is 1.62. The van der Waals surface area contributed by atoms with Gasteiger partial charge in [-0.1, -0.05) is 11.6 Å². The van der Waals surface area contributed by atoms with Crippen molar-refractivity contribution in [2.24, 2.45) is 5.73 Å². The van der Waals surface area contributed by atoms with Gasteiger partial charge in [-0.15, -0.1) is 0 Å². The molecular weight excluding hydrogens is 210 g/mol. The summed E-state index contributed by atoms with van der Waals surface area (Å²) >= 11 is 5.32. The molecule has 0 spiro atoms. The van der Waals surface area contributed by atoms with Crippen molar-refractivity contribution in [3.05, 3.63) is 22.8 Å². The Morgan fingerprint density at radius 2 is 1.92 bits per heavy atom. The zero-order valence-electron chi connectivity index (χ0n) is 6.28. The van der Waals surface area contributed by atoms with Crippen LogP contribution in [0.2, 0.25) is 0 Å². The summed E-state index contributed by atoms with van der Waals surface area (Å²) in [4.78, 5) is 0. The van der Waals surface area contributed by atoms with E-state index < -0.39 is 24.0 Å². The van der Waals surface area contributed by atoms with Crippen molar-refractivity contribution in [2.75, 3.05) is 0 Å². The van der Waals surface area contributed by atoms with Crippen LogP contribution in [0, 0.1) is 0 Å². The highest BCUT2D eigenvalue weighted by Gasteiger charge is 2.37. The minimum Gasteiger partial charge on any atom is -0.321 e. The number of halogens is 5. The van der Waals surface area contributed by atoms with Crippen molar-refractivity contribution in [3.8, 4) is 0 Å². The van der Waals surface area contributed by atoms with Gasteiger partial charge >= 0.3 is 6.18 Å². The number of nitrogens with two attached hydrogens (primary N) is 1. The Balaban J connectivity index is 2.98. The van der Waals surface area contributed by atoms with Crippen LogP contribution < -0.4 is 5.73 Å². The molecule has 0 aromatic carbocycles. The second-order valence-corrected chi connectivity index (χ2v) is 3.06. The molecule has 2 unspecified atom stereocenters. The molecule has 1 rings (SSSR count). The number of hydrogen-bond donors (Lipinski definition) is 1. The molecule has 2 N–H and O–H groups in total. The van der Waals surface area contributed by atoms with Gasteiger partial charge in [0.2, 0.25) is 0 Å². The first kappa shape index (κ1) is 10.5. The first-order valence-electron chi connectivity index (χ1n) is 3.38. The van der Waals surface area contributed by atoms with Crippen molar-refractivity contribution in [3.63, 3.8) is 0 Å². The zero-order chi connectivity index (χ0) is 10.2. The average Bonchev–Trinajstić information content (AvgIpc) is 1.97. The number of hydrogen-bond acceptors (Lipinski definition) is 1. The van der Waals surface area contributed by atoms with Crippen LogP contribution in [-0.2, 0) is 0 Å². The van der Waals surface area contributed by atoms with E-state index in [2.05, 4.69) is 0 Å². The van der Waals surface area contributed by atoms with Gasteiger partial charge in [-0.05, 0) is 12.2 Å². The van der Waals surface area contributed by atoms with Gasteiger partial charge in [0, 0.05) is 5.03 Å². The highest BCUT2D eigenvalue weighted by Crippen LogP contribution is 2.33. The molecule has 0 saturated heterocycles. The van der Waals surface area contributed by atoms with Crippen LogP contribution >= 0.6 is 11.6 Å². The van der Waals surface area contributed by atoms with E-state index in [1.807, 2.05) is 0 Å². The van der Waals surface area contributed by atoms with E-state index in [1.54, 1.807) is 0 Å². The van der Waals surface area contributed by atoms with Crippen LogP contribution in [0.25, 0.3) is 0 Å². The van der Waals surface area contributed by atoms with E-state index in [0.29, 0.717) is 12.2 Å². The molecule has 0 heterocycles. The van der Waals surface area contributed by atoms with E-state index in [-0.39, 0.29) is 5.03 Å². The highest BCUT2D eigenvalue weighted by atomic mass is 35.5. The van der Waals surface area contributed by atoms with Gasteiger partial charge in [0.15, 0.2) is 0 Å². The minimum atomic E-state index is -4.58. The predicted octanol–water partition coefficient (Wildman–Crippen LogP) is 2.28. The minimum absolute atomic E-state index is 0.317. The molecule has 0 aliphatic heterocycles. The topological polar surface area (TPSA) is 26.0 Å². The summed E-state index contributed by atoms with van der Waals surface area (Å²) in [6.45, 7) is 0. The monoisotopic (exact) mass is 215 g/mol. The summed E-state index contributed by atoms with van der Waals surface area (Å²) in [5, 5.41) is -0.317.